The van der Waals surface area contributed by atoms with Gasteiger partial charge in [-0.3, -0.25) is 43.5 Å². The van der Waals surface area contributed by atoms with Gasteiger partial charge in [0.2, 0.25) is 17.7 Å². The van der Waals surface area contributed by atoms with Crippen LogP contribution < -0.4 is 36.6 Å². The maximum Gasteiger partial charge on any atom is 0.303 e. The number of ketones is 2. The molecule has 2 atom stereocenters. The van der Waals surface area contributed by atoms with Crippen molar-refractivity contribution in [2.24, 2.45) is 0 Å². The number of carbonyl (C=O) groups excluding carboxylic acids is 8. The van der Waals surface area contributed by atoms with Gasteiger partial charge in [-0.15, -0.1) is 0 Å². The second kappa shape index (κ2) is 28.6. The van der Waals surface area contributed by atoms with Gasteiger partial charge in [0.25, 0.3) is 0 Å². The van der Waals surface area contributed by atoms with Gasteiger partial charge in [-0.2, -0.15) is 0 Å². The van der Waals surface area contributed by atoms with Crippen molar-refractivity contribution in [3.63, 3.8) is 0 Å². The third-order valence-electron chi connectivity index (χ3n) is 7.21. The monoisotopic (exact) mass is 792 g/mol. The van der Waals surface area contributed by atoms with Crippen molar-refractivity contribution < 1.29 is 63.6 Å². The highest BCUT2D eigenvalue weighted by atomic mass is 33.1. The lowest BCUT2D eigenvalue weighted by atomic mass is 10.1. The van der Waals surface area contributed by atoms with Crippen molar-refractivity contribution in [1.29, 1.82) is 0 Å². The Morgan fingerprint density at radius 3 is 1.53 bits per heavy atom. The Balaban J connectivity index is 4.57. The van der Waals surface area contributed by atoms with Crippen LogP contribution in [0.5, 0.6) is 0 Å². The van der Waals surface area contributed by atoms with Crippen LogP contribution >= 0.6 is 21.6 Å². The number of likely N-dealkylation sites (N-methyl/N-ethyl adjacent to an activating group) is 1. The highest BCUT2D eigenvalue weighted by Gasteiger charge is 2.24. The van der Waals surface area contributed by atoms with Crippen molar-refractivity contribution in [2.75, 3.05) is 90.5 Å². The molecule has 0 aromatic carbocycles. The van der Waals surface area contributed by atoms with Crippen molar-refractivity contribution in [3.8, 4) is 0 Å². The van der Waals surface area contributed by atoms with Gasteiger partial charge in [0.1, 0.15) is 5.78 Å². The third-order valence-corrected chi connectivity index (χ3v) is 9.62. The van der Waals surface area contributed by atoms with Gasteiger partial charge in [0.15, 0.2) is 5.78 Å². The number of hydrogen-bond acceptors (Lipinski definition) is 18. The largest absolute Gasteiger partial charge is 0.549 e. The van der Waals surface area contributed by atoms with E-state index in [2.05, 4.69) is 21.3 Å². The highest BCUT2D eigenvalue weighted by Crippen LogP contribution is 2.19. The van der Waals surface area contributed by atoms with Gasteiger partial charge in [-0.05, 0) is 33.7 Å². The molecule has 0 rings (SSSR count). The summed E-state index contributed by atoms with van der Waals surface area (Å²) in [5.41, 5.74) is 0. The minimum atomic E-state index is -1.46. The maximum atomic E-state index is 12.5. The number of carboxylic acid groups (broad SMARTS) is 4. The first-order chi connectivity index (χ1) is 24.9. The first-order valence-electron chi connectivity index (χ1n) is 16.7. The fourth-order valence-electron chi connectivity index (χ4n) is 4.65. The summed E-state index contributed by atoms with van der Waals surface area (Å²) in [7, 11) is 4.34. The van der Waals surface area contributed by atoms with Crippen LogP contribution in [0.1, 0.15) is 39.5 Å². The van der Waals surface area contributed by atoms with Crippen LogP contribution in [0.15, 0.2) is 0 Å². The summed E-state index contributed by atoms with van der Waals surface area (Å²) >= 11 is 0. The molecule has 0 aromatic heterocycles. The van der Waals surface area contributed by atoms with E-state index in [9.17, 15) is 58.5 Å². The molecule has 0 spiro atoms. The zero-order valence-electron chi connectivity index (χ0n) is 30.2. The van der Waals surface area contributed by atoms with Gasteiger partial charge in [0, 0.05) is 83.3 Å². The molecule has 20 nitrogen and oxygen atoms in total. The van der Waals surface area contributed by atoms with Crippen LogP contribution in [-0.4, -0.2) is 176 Å². The molecule has 22 heteroatoms. The van der Waals surface area contributed by atoms with E-state index in [-0.39, 0.29) is 89.0 Å². The molecule has 0 fully saturated rings. The Morgan fingerprint density at radius 2 is 1.08 bits per heavy atom. The molecule has 302 valence electrons. The van der Waals surface area contributed by atoms with E-state index in [1.807, 2.05) is 0 Å². The van der Waals surface area contributed by atoms with E-state index in [0.29, 0.717) is 18.1 Å². The summed E-state index contributed by atoms with van der Waals surface area (Å²) in [5, 5.41) is 53.0. The molecule has 2 unspecified atom stereocenters. The molecule has 0 heterocycles. The third kappa shape index (κ3) is 27.4. The predicted molar refractivity (Wildman–Crippen MR) is 188 cm³/mol. The molecule has 5 N–H and O–H groups in total. The minimum Gasteiger partial charge on any atom is -0.549 e. The average molecular weight is 793 g/mol. The number of aliphatic carboxylic acids is 4. The molecule has 0 aliphatic heterocycles. The topological polar surface area (TPSA) is 301 Å². The summed E-state index contributed by atoms with van der Waals surface area (Å²) in [6.45, 7) is 0.829. The summed E-state index contributed by atoms with van der Waals surface area (Å²) < 4.78 is 0. The number of amides is 3. The number of hydrogen-bond donors (Lipinski definition) is 5. The van der Waals surface area contributed by atoms with Crippen molar-refractivity contribution in [1.82, 2.24) is 36.0 Å². The van der Waals surface area contributed by atoms with Crippen molar-refractivity contribution in [3.05, 3.63) is 0 Å². The second-order valence-corrected chi connectivity index (χ2v) is 14.5. The number of rotatable bonds is 33. The molecule has 53 heavy (non-hydrogen) atoms. The Morgan fingerprint density at radius 1 is 0.623 bits per heavy atom. The van der Waals surface area contributed by atoms with E-state index >= 15 is 0 Å². The Labute approximate surface area is 315 Å². The van der Waals surface area contributed by atoms with Gasteiger partial charge in [-0.25, -0.2) is 0 Å². The lowest BCUT2D eigenvalue weighted by Crippen LogP contribution is -2.49. The van der Waals surface area contributed by atoms with Crippen molar-refractivity contribution >= 4 is 74.8 Å². The molecule has 0 saturated heterocycles. The molecule has 0 bridgehead atoms. The van der Waals surface area contributed by atoms with Crippen LogP contribution in [0.2, 0.25) is 0 Å². The lowest BCUT2D eigenvalue weighted by molar-refractivity contribution is -0.308. The zero-order chi connectivity index (χ0) is 40.3. The fraction of sp³-hybridized carbons (Fsp3) is 0.710. The zero-order valence-corrected chi connectivity index (χ0v) is 31.8. The highest BCUT2D eigenvalue weighted by molar-refractivity contribution is 8.76. The van der Waals surface area contributed by atoms with Gasteiger partial charge >= 0.3 is 5.97 Å². The number of Topliss-reactive ketones (excluding diaryl/α,β-unsaturated/α-hetero) is 2. The summed E-state index contributed by atoms with van der Waals surface area (Å²) in [6, 6.07) is -1.71. The van der Waals surface area contributed by atoms with E-state index in [0.717, 1.165) is 0 Å². The van der Waals surface area contributed by atoms with E-state index in [4.69, 9.17) is 5.11 Å². The van der Waals surface area contributed by atoms with E-state index in [1.165, 1.54) is 57.2 Å². The number of nitrogens with one attached hydrogen (secondary N) is 4. The second-order valence-electron chi connectivity index (χ2n) is 11.8. The molecule has 3 amide bonds. The maximum absolute atomic E-state index is 12.5. The molecule has 0 aliphatic carbocycles. The fourth-order valence-corrected chi connectivity index (χ4v) is 6.47. The Bertz CT molecular complexity index is 1230. The first kappa shape index (κ1) is 49.2. The summed E-state index contributed by atoms with van der Waals surface area (Å²) in [4.78, 5) is 109. The first-order valence-corrected chi connectivity index (χ1v) is 19.2. The summed E-state index contributed by atoms with van der Waals surface area (Å²) in [6.07, 6.45) is -0.156. The average Bonchev–Trinajstić information content (AvgIpc) is 3.04. The molecule has 0 saturated carbocycles. The van der Waals surface area contributed by atoms with Crippen LogP contribution in [0, 0.1) is 0 Å². The van der Waals surface area contributed by atoms with Crippen LogP contribution in [0.25, 0.3) is 0 Å². The SMILES string of the molecule is CNC(CCC(=O)O)C(=O)NC(CCC(=O)NCCSSCCNC(=O)CN(CCN(CCN(CC(C)=O)CC(=O)[O-])CC(=O)[O-])CC(=O)[O-])C(C)=O. The molecule has 0 aromatic rings. The lowest BCUT2D eigenvalue weighted by Gasteiger charge is -2.30. The van der Waals surface area contributed by atoms with Gasteiger partial charge in [0.05, 0.1) is 43.1 Å². The molecule has 0 aliphatic rings. The van der Waals surface area contributed by atoms with Gasteiger partial charge < -0.3 is 56.1 Å². The smallest absolute Gasteiger partial charge is 0.303 e. The molecule has 0 radical (unpaired) electrons. The molecular weight excluding hydrogens is 743 g/mol. The normalized spacial score (nSPS) is 12.3. The van der Waals surface area contributed by atoms with E-state index in [1.54, 1.807) is 0 Å². The van der Waals surface area contributed by atoms with Crippen LogP contribution in [0.4, 0.5) is 0 Å². The minimum absolute atomic E-state index is 0.00394. The van der Waals surface area contributed by atoms with E-state index < -0.39 is 67.4 Å². The Kier molecular flexibility index (Phi) is 26.6. The number of nitrogens with zero attached hydrogens (tertiary/aromatic N) is 3. The molecular formula is C31H50N7O13S2-3. The van der Waals surface area contributed by atoms with Crippen LogP contribution in [0.3, 0.4) is 0 Å². The van der Waals surface area contributed by atoms with Gasteiger partial charge in [-0.1, -0.05) is 21.6 Å². The predicted octanol–water partition coefficient (Wildman–Crippen LogP) is -6.35. The number of carbonyl (C=O) groups is 9. The standard InChI is InChI=1S/C31H53N7O13S2/c1-21(39)16-37(19-29(47)48)12-10-36(18-28(45)46)11-13-38(20-30(49)50)17-26(42)34-9-15-53-52-14-8-33-25(41)6-4-23(22(2)40)35-31(51)24(32-3)5-7-27(43)44/h23-24,32H,4-20H2,1-3H3,(H,33,41)(H,34,42)(H,35,51)(H,43,44)(H,45,46)(H,47,48)(H,49,50)/p-3. The van der Waals surface area contributed by atoms with Crippen LogP contribution in [-0.2, 0) is 43.2 Å². The number of carboxylic acids is 4. The van der Waals surface area contributed by atoms with Crippen molar-refractivity contribution in [2.45, 2.75) is 51.6 Å². The quantitative estimate of drug-likeness (QED) is 0.0305. The Hall–Kier alpha value is -3.83. The summed E-state index contributed by atoms with van der Waals surface area (Å²) in [5.74, 6) is -6.35.